The number of anilines is 2. The summed E-state index contributed by atoms with van der Waals surface area (Å²) < 4.78 is 55.1. The maximum absolute atomic E-state index is 13.5. The van der Waals surface area contributed by atoms with Gasteiger partial charge in [0.1, 0.15) is 16.2 Å². The zero-order chi connectivity index (χ0) is 25.1. The average Bonchev–Trinajstić information content (AvgIpc) is 3.16. The topological polar surface area (TPSA) is 145 Å². The SMILES string of the molecule is CC(C)(C)CCN1C(=O)C(C2=NS(=O)(=O)c3cc(NS(C)(=O)=O)ccc3N2)=C(O)[C@@H]2CCC[C@@H]21. The number of aliphatic hydroxyl groups excluding tert-OH is 1. The van der Waals surface area contributed by atoms with Gasteiger partial charge in [-0.2, -0.15) is 8.42 Å². The fraction of sp³-hybridized carbons (Fsp3) is 0.545. The van der Waals surface area contributed by atoms with Gasteiger partial charge < -0.3 is 15.3 Å². The summed E-state index contributed by atoms with van der Waals surface area (Å²) in [6.45, 7) is 6.76. The zero-order valence-corrected chi connectivity index (χ0v) is 21.3. The molecule has 0 unspecified atom stereocenters. The summed E-state index contributed by atoms with van der Waals surface area (Å²) in [6.07, 6.45) is 4.07. The summed E-state index contributed by atoms with van der Waals surface area (Å²) in [5.74, 6) is -1.04. The van der Waals surface area contributed by atoms with Crippen LogP contribution >= 0.6 is 0 Å². The van der Waals surface area contributed by atoms with Gasteiger partial charge in [0, 0.05) is 24.2 Å². The lowest BCUT2D eigenvalue weighted by Crippen LogP contribution is -2.51. The van der Waals surface area contributed by atoms with Gasteiger partial charge in [-0.25, -0.2) is 8.42 Å². The zero-order valence-electron chi connectivity index (χ0n) is 19.6. The van der Waals surface area contributed by atoms with Crippen LogP contribution in [0.2, 0.25) is 0 Å². The molecule has 34 heavy (non-hydrogen) atoms. The van der Waals surface area contributed by atoms with E-state index in [1.807, 2.05) is 0 Å². The van der Waals surface area contributed by atoms with E-state index in [9.17, 15) is 26.7 Å². The van der Waals surface area contributed by atoms with Gasteiger partial charge in [0.15, 0.2) is 5.84 Å². The highest BCUT2D eigenvalue weighted by atomic mass is 32.2. The molecule has 1 aliphatic carbocycles. The summed E-state index contributed by atoms with van der Waals surface area (Å²) in [4.78, 5) is 15.1. The Morgan fingerprint density at radius 2 is 1.97 bits per heavy atom. The van der Waals surface area contributed by atoms with Crippen LogP contribution in [0.4, 0.5) is 11.4 Å². The monoisotopic (exact) mass is 510 g/mol. The van der Waals surface area contributed by atoms with Crippen LogP contribution in [0, 0.1) is 11.3 Å². The van der Waals surface area contributed by atoms with Crippen molar-refractivity contribution in [3.8, 4) is 0 Å². The van der Waals surface area contributed by atoms with Crippen LogP contribution < -0.4 is 10.0 Å². The first-order valence-corrected chi connectivity index (χ1v) is 14.5. The van der Waals surface area contributed by atoms with Crippen LogP contribution in [0.1, 0.15) is 46.5 Å². The first-order chi connectivity index (χ1) is 15.7. The Morgan fingerprint density at radius 1 is 1.26 bits per heavy atom. The van der Waals surface area contributed by atoms with Gasteiger partial charge in [-0.05, 0) is 42.9 Å². The minimum absolute atomic E-state index is 0.00164. The minimum Gasteiger partial charge on any atom is -0.511 e. The molecule has 1 saturated carbocycles. The molecule has 10 nitrogen and oxygen atoms in total. The van der Waals surface area contributed by atoms with Crippen molar-refractivity contribution in [1.82, 2.24) is 4.90 Å². The molecule has 0 spiro atoms. The Morgan fingerprint density at radius 3 is 2.62 bits per heavy atom. The number of hydrogen-bond donors (Lipinski definition) is 3. The molecule has 4 rings (SSSR count). The van der Waals surface area contributed by atoms with E-state index in [4.69, 9.17) is 0 Å². The predicted molar refractivity (Wildman–Crippen MR) is 130 cm³/mol. The molecule has 2 atom stereocenters. The van der Waals surface area contributed by atoms with Crippen molar-refractivity contribution < 1.29 is 26.7 Å². The molecule has 1 aromatic carbocycles. The molecule has 1 aromatic rings. The molecular weight excluding hydrogens is 480 g/mol. The van der Waals surface area contributed by atoms with Crippen LogP contribution in [-0.4, -0.2) is 57.4 Å². The summed E-state index contributed by atoms with van der Waals surface area (Å²) in [6, 6.07) is 3.86. The second-order valence-corrected chi connectivity index (χ2v) is 13.6. The van der Waals surface area contributed by atoms with Gasteiger partial charge in [0.25, 0.3) is 15.9 Å². The highest BCUT2D eigenvalue weighted by Crippen LogP contribution is 2.42. The number of sulfonamides is 2. The number of amidine groups is 1. The first kappa shape index (κ1) is 24.5. The molecule has 3 aliphatic rings. The van der Waals surface area contributed by atoms with Crippen molar-refractivity contribution in [2.75, 3.05) is 22.8 Å². The van der Waals surface area contributed by atoms with Crippen LogP contribution in [-0.2, 0) is 24.8 Å². The first-order valence-electron chi connectivity index (χ1n) is 11.1. The van der Waals surface area contributed by atoms with Crippen molar-refractivity contribution >= 4 is 43.2 Å². The molecule has 2 heterocycles. The number of amides is 1. The Balaban J connectivity index is 1.73. The molecule has 12 heteroatoms. The number of fused-ring (bicyclic) bond motifs is 2. The second-order valence-electron chi connectivity index (χ2n) is 10.3. The molecule has 0 bridgehead atoms. The number of aliphatic hydroxyl groups is 1. The highest BCUT2D eigenvalue weighted by Gasteiger charge is 2.46. The summed E-state index contributed by atoms with van der Waals surface area (Å²) >= 11 is 0. The van der Waals surface area contributed by atoms with E-state index in [1.165, 1.54) is 18.2 Å². The quantitative estimate of drug-likeness (QED) is 0.552. The number of nitrogens with zero attached hydrogens (tertiary/aromatic N) is 2. The van der Waals surface area contributed by atoms with Crippen molar-refractivity contribution in [3.63, 3.8) is 0 Å². The van der Waals surface area contributed by atoms with E-state index >= 15 is 0 Å². The Bertz CT molecular complexity index is 1310. The third kappa shape index (κ3) is 4.78. The third-order valence-corrected chi connectivity index (χ3v) is 8.25. The molecule has 2 aliphatic heterocycles. The maximum Gasteiger partial charge on any atom is 0.286 e. The predicted octanol–water partition coefficient (Wildman–Crippen LogP) is 2.83. The molecule has 3 N–H and O–H groups in total. The van der Waals surface area contributed by atoms with Gasteiger partial charge in [0.2, 0.25) is 10.0 Å². The molecule has 0 saturated heterocycles. The molecule has 0 aromatic heterocycles. The van der Waals surface area contributed by atoms with Gasteiger partial charge in [-0.15, -0.1) is 4.40 Å². The van der Waals surface area contributed by atoms with Crippen molar-refractivity contribution in [2.45, 2.75) is 57.4 Å². The lowest BCUT2D eigenvalue weighted by atomic mass is 9.87. The third-order valence-electron chi connectivity index (χ3n) is 6.33. The number of carbonyl (C=O) groups excluding carboxylic acids is 1. The summed E-state index contributed by atoms with van der Waals surface area (Å²) in [5, 5.41) is 13.9. The smallest absolute Gasteiger partial charge is 0.286 e. The number of benzene rings is 1. The summed E-state index contributed by atoms with van der Waals surface area (Å²) in [5.41, 5.74) is 0.0954. The maximum atomic E-state index is 13.5. The minimum atomic E-state index is -4.27. The van der Waals surface area contributed by atoms with Crippen molar-refractivity contribution in [2.24, 2.45) is 15.7 Å². The number of nitrogens with one attached hydrogen (secondary N) is 2. The van der Waals surface area contributed by atoms with E-state index in [1.54, 1.807) is 4.90 Å². The second kappa shape index (κ2) is 8.26. The van der Waals surface area contributed by atoms with E-state index < -0.39 is 26.0 Å². The fourth-order valence-electron chi connectivity index (χ4n) is 4.71. The highest BCUT2D eigenvalue weighted by molar-refractivity contribution is 7.92. The molecule has 1 amide bonds. The fourth-order valence-corrected chi connectivity index (χ4v) is 6.42. The molecular formula is C22H30N4O6S2. The van der Waals surface area contributed by atoms with E-state index in [-0.39, 0.29) is 50.8 Å². The number of rotatable bonds is 5. The van der Waals surface area contributed by atoms with Gasteiger partial charge in [0.05, 0.1) is 11.9 Å². The standard InChI is InChI=1S/C22H30N4O6S2/c1-22(2,3)10-11-26-16-7-5-6-14(16)19(27)18(21(26)28)20-23-15-9-8-13(24-33(4,29)30)12-17(15)34(31,32)25-20/h8-9,12,14,16,24,27H,5-7,10-11H2,1-4H3,(H,23,25)/t14-,16+/m1/s1. The van der Waals surface area contributed by atoms with Gasteiger partial charge in [-0.3, -0.25) is 9.52 Å². The van der Waals surface area contributed by atoms with Gasteiger partial charge >= 0.3 is 0 Å². The van der Waals surface area contributed by atoms with Crippen LogP contribution in [0.5, 0.6) is 0 Å². The van der Waals surface area contributed by atoms with E-state index in [0.29, 0.717) is 13.0 Å². The van der Waals surface area contributed by atoms with Crippen LogP contribution in [0.15, 0.2) is 38.8 Å². The lowest BCUT2D eigenvalue weighted by molar-refractivity contribution is -0.131. The largest absolute Gasteiger partial charge is 0.511 e. The Hall–Kier alpha value is -2.60. The molecule has 1 fully saturated rings. The van der Waals surface area contributed by atoms with Crippen LogP contribution in [0.3, 0.4) is 0 Å². The van der Waals surface area contributed by atoms with Crippen molar-refractivity contribution in [1.29, 1.82) is 0 Å². The van der Waals surface area contributed by atoms with Gasteiger partial charge in [-0.1, -0.05) is 27.2 Å². The normalized spacial score (nSPS) is 24.3. The molecule has 186 valence electrons. The Labute approximate surface area is 200 Å². The molecule has 0 radical (unpaired) electrons. The number of hydrogen-bond acceptors (Lipinski definition) is 7. The van der Waals surface area contributed by atoms with E-state index in [2.05, 4.69) is 35.2 Å². The lowest BCUT2D eigenvalue weighted by Gasteiger charge is -2.40. The van der Waals surface area contributed by atoms with Crippen molar-refractivity contribution in [3.05, 3.63) is 29.5 Å². The Kier molecular flexibility index (Phi) is 5.96. The average molecular weight is 511 g/mol. The summed E-state index contributed by atoms with van der Waals surface area (Å²) in [7, 11) is -7.87. The number of carbonyl (C=O) groups is 1. The van der Waals surface area contributed by atoms with Crippen LogP contribution in [0.25, 0.3) is 0 Å². The van der Waals surface area contributed by atoms with E-state index in [0.717, 1.165) is 25.5 Å².